The molecule has 1 atom stereocenters. The number of pyridine rings is 1. The van der Waals surface area contributed by atoms with Crippen LogP contribution in [0.3, 0.4) is 0 Å². The summed E-state index contributed by atoms with van der Waals surface area (Å²) < 4.78 is 0. The van der Waals surface area contributed by atoms with Crippen molar-refractivity contribution in [1.82, 2.24) is 10.3 Å². The Kier molecular flexibility index (Phi) is 4.24. The lowest BCUT2D eigenvalue weighted by Crippen LogP contribution is -2.21. The molecule has 0 saturated heterocycles. The summed E-state index contributed by atoms with van der Waals surface area (Å²) in [4.78, 5) is 3.92. The first-order valence-electron chi connectivity index (χ1n) is 5.69. The van der Waals surface area contributed by atoms with Gasteiger partial charge in [-0.25, -0.2) is 0 Å². The van der Waals surface area contributed by atoms with E-state index in [0.717, 1.165) is 12.1 Å². The highest BCUT2D eigenvalue weighted by Gasteiger charge is 2.05. The second kappa shape index (κ2) is 6.13. The summed E-state index contributed by atoms with van der Waals surface area (Å²) in [5.41, 5.74) is 2.11. The first-order valence-corrected chi connectivity index (χ1v) is 5.69. The zero-order valence-electron chi connectivity index (χ0n) is 9.58. The van der Waals surface area contributed by atoms with Crippen LogP contribution in [-0.4, -0.2) is 16.6 Å². The van der Waals surface area contributed by atoms with Gasteiger partial charge < -0.3 is 10.4 Å². The topological polar surface area (TPSA) is 45.1 Å². The van der Waals surface area contributed by atoms with E-state index in [9.17, 15) is 5.11 Å². The molecule has 3 nitrogen and oxygen atoms in total. The predicted molar refractivity (Wildman–Crippen MR) is 67.3 cm³/mol. The summed E-state index contributed by atoms with van der Waals surface area (Å²) in [5, 5.41) is 13.1. The fourth-order valence-corrected chi connectivity index (χ4v) is 1.65. The van der Waals surface area contributed by atoms with Crippen LogP contribution in [0.2, 0.25) is 0 Å². The number of aliphatic hydroxyl groups is 1. The van der Waals surface area contributed by atoms with Crippen LogP contribution in [-0.2, 0) is 6.54 Å². The molecule has 1 aromatic carbocycles. The number of aliphatic hydroxyl groups excluding tert-OH is 1. The van der Waals surface area contributed by atoms with Gasteiger partial charge in [-0.3, -0.25) is 4.98 Å². The molecular weight excluding hydrogens is 212 g/mol. The summed E-state index contributed by atoms with van der Waals surface area (Å²) in [6.07, 6.45) is 2.90. The second-order valence-electron chi connectivity index (χ2n) is 3.91. The van der Waals surface area contributed by atoms with Crippen molar-refractivity contribution in [2.24, 2.45) is 0 Å². The number of rotatable bonds is 5. The molecule has 0 amide bonds. The Hall–Kier alpha value is -1.71. The van der Waals surface area contributed by atoms with Crippen LogP contribution < -0.4 is 5.32 Å². The fourth-order valence-electron chi connectivity index (χ4n) is 1.65. The summed E-state index contributed by atoms with van der Waals surface area (Å²) in [5.74, 6) is 0. The van der Waals surface area contributed by atoms with Crippen LogP contribution in [0.5, 0.6) is 0 Å². The van der Waals surface area contributed by atoms with Gasteiger partial charge in [0.2, 0.25) is 0 Å². The number of nitrogens with one attached hydrogen (secondary N) is 1. The smallest absolute Gasteiger partial charge is 0.0915 e. The Labute approximate surface area is 101 Å². The van der Waals surface area contributed by atoms with Crippen LogP contribution in [0.4, 0.5) is 0 Å². The van der Waals surface area contributed by atoms with Crippen molar-refractivity contribution >= 4 is 0 Å². The van der Waals surface area contributed by atoms with Gasteiger partial charge in [-0.05, 0) is 23.3 Å². The Balaban J connectivity index is 1.79. The molecule has 2 rings (SSSR count). The van der Waals surface area contributed by atoms with Crippen molar-refractivity contribution in [3.8, 4) is 0 Å². The van der Waals surface area contributed by atoms with E-state index < -0.39 is 6.10 Å². The lowest BCUT2D eigenvalue weighted by Gasteiger charge is -2.11. The summed E-state index contributed by atoms with van der Waals surface area (Å²) >= 11 is 0. The zero-order valence-corrected chi connectivity index (χ0v) is 9.58. The zero-order chi connectivity index (χ0) is 11.9. The molecule has 1 heterocycles. The Morgan fingerprint density at radius 2 is 1.76 bits per heavy atom. The van der Waals surface area contributed by atoms with Gasteiger partial charge in [0.05, 0.1) is 6.10 Å². The van der Waals surface area contributed by atoms with E-state index in [1.807, 2.05) is 30.3 Å². The van der Waals surface area contributed by atoms with Gasteiger partial charge in [0.1, 0.15) is 0 Å². The van der Waals surface area contributed by atoms with Gasteiger partial charge in [0, 0.05) is 25.5 Å². The minimum Gasteiger partial charge on any atom is -0.387 e. The average Bonchev–Trinajstić information content (AvgIpc) is 2.41. The molecule has 0 radical (unpaired) electrons. The third-order valence-corrected chi connectivity index (χ3v) is 2.60. The van der Waals surface area contributed by atoms with E-state index in [1.165, 1.54) is 5.56 Å². The Morgan fingerprint density at radius 3 is 2.47 bits per heavy atom. The highest BCUT2D eigenvalue weighted by atomic mass is 16.3. The van der Waals surface area contributed by atoms with Crippen LogP contribution in [0.25, 0.3) is 0 Å². The maximum absolute atomic E-state index is 9.91. The maximum Gasteiger partial charge on any atom is 0.0915 e. The normalized spacial score (nSPS) is 12.3. The van der Waals surface area contributed by atoms with Crippen molar-refractivity contribution in [3.05, 3.63) is 66.0 Å². The highest BCUT2D eigenvalue weighted by Crippen LogP contribution is 2.09. The highest BCUT2D eigenvalue weighted by molar-refractivity contribution is 5.15. The standard InChI is InChI=1S/C14H16N2O/c17-14(13-6-8-15-9-7-13)11-16-10-12-4-2-1-3-5-12/h1-9,14,16-17H,10-11H2/t14-/m0/s1. The number of benzene rings is 1. The molecule has 0 aliphatic heterocycles. The molecule has 2 aromatic rings. The molecule has 0 aliphatic carbocycles. The van der Waals surface area contributed by atoms with E-state index >= 15 is 0 Å². The second-order valence-corrected chi connectivity index (χ2v) is 3.91. The molecule has 0 bridgehead atoms. The van der Waals surface area contributed by atoms with Crippen LogP contribution in [0.1, 0.15) is 17.2 Å². The molecule has 0 fully saturated rings. The molecule has 3 heteroatoms. The molecule has 1 aromatic heterocycles. The minimum atomic E-state index is -0.485. The van der Waals surface area contributed by atoms with Crippen molar-refractivity contribution < 1.29 is 5.11 Å². The van der Waals surface area contributed by atoms with E-state index in [2.05, 4.69) is 22.4 Å². The molecule has 0 aliphatic rings. The monoisotopic (exact) mass is 228 g/mol. The Bertz CT molecular complexity index is 430. The SMILES string of the molecule is O[C@@H](CNCc1ccccc1)c1ccncc1. The van der Waals surface area contributed by atoms with Crippen molar-refractivity contribution in [2.75, 3.05) is 6.54 Å². The fraction of sp³-hybridized carbons (Fsp3) is 0.214. The molecule has 0 saturated carbocycles. The quantitative estimate of drug-likeness (QED) is 0.821. The predicted octanol–water partition coefficient (Wildman–Crippen LogP) is 1.90. The van der Waals surface area contributed by atoms with Crippen LogP contribution >= 0.6 is 0 Å². The minimum absolute atomic E-state index is 0.485. The van der Waals surface area contributed by atoms with Crippen molar-refractivity contribution in [1.29, 1.82) is 0 Å². The summed E-state index contributed by atoms with van der Waals surface area (Å²) in [7, 11) is 0. The van der Waals surface area contributed by atoms with Gasteiger partial charge in [0.15, 0.2) is 0 Å². The Morgan fingerprint density at radius 1 is 1.06 bits per heavy atom. The summed E-state index contributed by atoms with van der Waals surface area (Å²) in [6.45, 7) is 1.31. The number of hydrogen-bond donors (Lipinski definition) is 2. The lowest BCUT2D eigenvalue weighted by molar-refractivity contribution is 0.174. The molecule has 0 spiro atoms. The number of aromatic nitrogens is 1. The van der Waals surface area contributed by atoms with E-state index in [0.29, 0.717) is 6.54 Å². The maximum atomic E-state index is 9.91. The van der Waals surface area contributed by atoms with Crippen LogP contribution in [0.15, 0.2) is 54.9 Å². The molecule has 17 heavy (non-hydrogen) atoms. The average molecular weight is 228 g/mol. The summed E-state index contributed by atoms with van der Waals surface area (Å²) in [6, 6.07) is 13.8. The van der Waals surface area contributed by atoms with Gasteiger partial charge in [-0.2, -0.15) is 0 Å². The molecule has 88 valence electrons. The van der Waals surface area contributed by atoms with E-state index in [4.69, 9.17) is 0 Å². The van der Waals surface area contributed by atoms with E-state index in [1.54, 1.807) is 12.4 Å². The lowest BCUT2D eigenvalue weighted by atomic mass is 10.1. The van der Waals surface area contributed by atoms with Gasteiger partial charge in [-0.15, -0.1) is 0 Å². The molecule has 0 unspecified atom stereocenters. The first-order chi connectivity index (χ1) is 8.36. The number of nitrogens with zero attached hydrogens (tertiary/aromatic N) is 1. The third kappa shape index (κ3) is 3.66. The van der Waals surface area contributed by atoms with Gasteiger partial charge in [0.25, 0.3) is 0 Å². The van der Waals surface area contributed by atoms with Crippen molar-refractivity contribution in [2.45, 2.75) is 12.6 Å². The van der Waals surface area contributed by atoms with Gasteiger partial charge >= 0.3 is 0 Å². The molecular formula is C14H16N2O. The number of hydrogen-bond acceptors (Lipinski definition) is 3. The van der Waals surface area contributed by atoms with Crippen molar-refractivity contribution in [3.63, 3.8) is 0 Å². The van der Waals surface area contributed by atoms with E-state index in [-0.39, 0.29) is 0 Å². The third-order valence-electron chi connectivity index (χ3n) is 2.60. The van der Waals surface area contributed by atoms with Crippen LogP contribution in [0, 0.1) is 0 Å². The largest absolute Gasteiger partial charge is 0.387 e. The molecule has 2 N–H and O–H groups in total. The van der Waals surface area contributed by atoms with Gasteiger partial charge in [-0.1, -0.05) is 30.3 Å². The first kappa shape index (κ1) is 11.8.